The van der Waals surface area contributed by atoms with Gasteiger partial charge in [-0.3, -0.25) is 0 Å². The van der Waals surface area contributed by atoms with Crippen LogP contribution in [0.1, 0.15) is 40.9 Å². The highest BCUT2D eigenvalue weighted by atomic mass is 16.5. The standard InChI is InChI=1S/C28H27NO3/c1-28(2)25(22-14-16-23(17-15-22)27(30)31-3)24(18-20-10-6-4-7-11-20)26(32-28)29-19-21-12-8-5-9-13-21/h4-17H,18-19H2,1-3H3. The molecule has 3 aromatic carbocycles. The van der Waals surface area contributed by atoms with Gasteiger partial charge in [-0.2, -0.15) is 0 Å². The molecule has 4 nitrogen and oxygen atoms in total. The van der Waals surface area contributed by atoms with E-state index in [1.807, 2.05) is 48.5 Å². The van der Waals surface area contributed by atoms with Crippen molar-refractivity contribution >= 4 is 17.4 Å². The normalized spacial score (nSPS) is 16.2. The molecule has 0 bridgehead atoms. The Morgan fingerprint density at radius 3 is 2.06 bits per heavy atom. The van der Waals surface area contributed by atoms with Gasteiger partial charge in [0.05, 0.1) is 19.2 Å². The largest absolute Gasteiger partial charge is 0.467 e. The van der Waals surface area contributed by atoms with Crippen molar-refractivity contribution in [1.82, 2.24) is 0 Å². The van der Waals surface area contributed by atoms with Gasteiger partial charge in [0.15, 0.2) is 0 Å². The minimum Gasteiger partial charge on any atom is -0.467 e. The predicted octanol–water partition coefficient (Wildman–Crippen LogP) is 5.88. The number of rotatable bonds is 6. The lowest BCUT2D eigenvalue weighted by molar-refractivity contribution is 0.0600. The van der Waals surface area contributed by atoms with Crippen LogP contribution in [-0.2, 0) is 22.4 Å². The molecule has 4 heteroatoms. The number of nitrogens with zero attached hydrogens (tertiary/aromatic N) is 1. The molecule has 0 saturated heterocycles. The SMILES string of the molecule is COC(=O)c1ccc(C2=C(Cc3ccccc3)C(=NCc3ccccc3)OC2(C)C)cc1. The highest BCUT2D eigenvalue weighted by Crippen LogP contribution is 2.41. The Balaban J connectivity index is 1.78. The number of methoxy groups -OCH3 is 1. The fraction of sp³-hybridized carbons (Fsp3) is 0.214. The van der Waals surface area contributed by atoms with E-state index < -0.39 is 5.60 Å². The van der Waals surface area contributed by atoms with E-state index in [4.69, 9.17) is 14.5 Å². The summed E-state index contributed by atoms with van der Waals surface area (Å²) < 4.78 is 11.2. The topological polar surface area (TPSA) is 47.9 Å². The molecule has 4 rings (SSSR count). The molecule has 1 aliphatic heterocycles. The molecule has 0 saturated carbocycles. The van der Waals surface area contributed by atoms with Crippen molar-refractivity contribution in [1.29, 1.82) is 0 Å². The van der Waals surface area contributed by atoms with E-state index in [2.05, 4.69) is 38.1 Å². The van der Waals surface area contributed by atoms with E-state index in [0.717, 1.165) is 22.3 Å². The minimum absolute atomic E-state index is 0.345. The average molecular weight is 426 g/mol. The van der Waals surface area contributed by atoms with Gasteiger partial charge >= 0.3 is 5.97 Å². The van der Waals surface area contributed by atoms with Crippen LogP contribution in [0.2, 0.25) is 0 Å². The average Bonchev–Trinajstić information content (AvgIpc) is 3.07. The van der Waals surface area contributed by atoms with Gasteiger partial charge in [0.2, 0.25) is 5.90 Å². The molecule has 162 valence electrons. The Bertz CT molecular complexity index is 1140. The van der Waals surface area contributed by atoms with Crippen molar-refractivity contribution in [3.8, 4) is 0 Å². The van der Waals surface area contributed by atoms with Gasteiger partial charge in [0.1, 0.15) is 5.60 Å². The van der Waals surface area contributed by atoms with Crippen molar-refractivity contribution in [3.63, 3.8) is 0 Å². The Labute approximate surface area is 189 Å². The van der Waals surface area contributed by atoms with Crippen LogP contribution in [0.3, 0.4) is 0 Å². The van der Waals surface area contributed by atoms with E-state index >= 15 is 0 Å². The molecular weight excluding hydrogens is 398 g/mol. The van der Waals surface area contributed by atoms with Crippen molar-refractivity contribution in [2.45, 2.75) is 32.4 Å². The molecule has 3 aromatic rings. The van der Waals surface area contributed by atoms with Crippen molar-refractivity contribution < 1.29 is 14.3 Å². The molecule has 1 heterocycles. The van der Waals surface area contributed by atoms with Crippen LogP contribution >= 0.6 is 0 Å². The second kappa shape index (κ2) is 9.23. The molecular formula is C28H27NO3. The number of benzene rings is 3. The number of carbonyl (C=O) groups is 1. The number of hydrogen-bond donors (Lipinski definition) is 0. The molecule has 0 amide bonds. The maximum Gasteiger partial charge on any atom is 0.337 e. The summed E-state index contributed by atoms with van der Waals surface area (Å²) in [6.45, 7) is 4.68. The van der Waals surface area contributed by atoms with Crippen LogP contribution in [0.15, 0.2) is 95.5 Å². The summed E-state index contributed by atoms with van der Waals surface area (Å²) in [7, 11) is 1.39. The summed E-state index contributed by atoms with van der Waals surface area (Å²) >= 11 is 0. The summed E-state index contributed by atoms with van der Waals surface area (Å²) in [6.07, 6.45) is 0.714. The quantitative estimate of drug-likeness (QED) is 0.464. The molecule has 1 aliphatic rings. The lowest BCUT2D eigenvalue weighted by atomic mass is 9.87. The Kier molecular flexibility index (Phi) is 6.22. The van der Waals surface area contributed by atoms with Gasteiger partial charge in [0.25, 0.3) is 0 Å². The lowest BCUT2D eigenvalue weighted by Crippen LogP contribution is -2.22. The maximum atomic E-state index is 11.9. The number of ether oxygens (including phenoxy) is 2. The van der Waals surface area contributed by atoms with Crippen LogP contribution in [0.4, 0.5) is 0 Å². The highest BCUT2D eigenvalue weighted by molar-refractivity contribution is 6.07. The highest BCUT2D eigenvalue weighted by Gasteiger charge is 2.39. The summed E-state index contributed by atoms with van der Waals surface area (Å²) in [5.41, 5.74) is 5.48. The van der Waals surface area contributed by atoms with Gasteiger partial charge < -0.3 is 9.47 Å². The molecule has 0 spiro atoms. The maximum absolute atomic E-state index is 11.9. The zero-order valence-electron chi connectivity index (χ0n) is 18.7. The molecule has 0 fully saturated rings. The van der Waals surface area contributed by atoms with Crippen LogP contribution in [0.25, 0.3) is 5.57 Å². The first kappa shape index (κ1) is 21.6. The first-order chi connectivity index (χ1) is 15.5. The van der Waals surface area contributed by atoms with Gasteiger partial charge in [0, 0.05) is 17.6 Å². The molecule has 0 radical (unpaired) electrons. The third kappa shape index (κ3) is 4.65. The van der Waals surface area contributed by atoms with Gasteiger partial charge in [-0.1, -0.05) is 72.8 Å². The second-order valence-corrected chi connectivity index (χ2v) is 8.30. The summed E-state index contributed by atoms with van der Waals surface area (Å²) in [4.78, 5) is 16.7. The number of esters is 1. The van der Waals surface area contributed by atoms with E-state index in [1.54, 1.807) is 12.1 Å². The van der Waals surface area contributed by atoms with Crippen LogP contribution in [0, 0.1) is 0 Å². The van der Waals surface area contributed by atoms with Gasteiger partial charge in [-0.25, -0.2) is 9.79 Å². The summed E-state index contributed by atoms with van der Waals surface area (Å²) in [6, 6.07) is 28.0. The number of carbonyl (C=O) groups excluding carboxylic acids is 1. The minimum atomic E-state index is -0.549. The lowest BCUT2D eigenvalue weighted by Gasteiger charge is -2.22. The molecule has 0 N–H and O–H groups in total. The Morgan fingerprint density at radius 2 is 1.47 bits per heavy atom. The number of aliphatic imine (C=N–C) groups is 1. The third-order valence-electron chi connectivity index (χ3n) is 5.58. The molecule has 0 atom stereocenters. The van der Waals surface area contributed by atoms with Crippen LogP contribution < -0.4 is 0 Å². The molecule has 0 aromatic heterocycles. The first-order valence-electron chi connectivity index (χ1n) is 10.7. The van der Waals surface area contributed by atoms with E-state index in [9.17, 15) is 4.79 Å². The fourth-order valence-electron chi connectivity index (χ4n) is 4.08. The predicted molar refractivity (Wildman–Crippen MR) is 128 cm³/mol. The van der Waals surface area contributed by atoms with Crippen molar-refractivity contribution in [2.24, 2.45) is 4.99 Å². The smallest absolute Gasteiger partial charge is 0.337 e. The van der Waals surface area contributed by atoms with Crippen molar-refractivity contribution in [3.05, 3.63) is 113 Å². The van der Waals surface area contributed by atoms with Crippen LogP contribution in [-0.4, -0.2) is 24.6 Å². The van der Waals surface area contributed by atoms with E-state index in [0.29, 0.717) is 24.4 Å². The second-order valence-electron chi connectivity index (χ2n) is 8.30. The summed E-state index contributed by atoms with van der Waals surface area (Å²) in [5, 5.41) is 0. The monoisotopic (exact) mass is 425 g/mol. The zero-order valence-corrected chi connectivity index (χ0v) is 18.7. The van der Waals surface area contributed by atoms with Gasteiger partial charge in [-0.15, -0.1) is 0 Å². The summed E-state index contributed by atoms with van der Waals surface area (Å²) in [5.74, 6) is 0.330. The van der Waals surface area contributed by atoms with E-state index in [1.165, 1.54) is 12.7 Å². The Hall–Kier alpha value is -3.66. The third-order valence-corrected chi connectivity index (χ3v) is 5.58. The Morgan fingerprint density at radius 1 is 0.875 bits per heavy atom. The van der Waals surface area contributed by atoms with E-state index in [-0.39, 0.29) is 5.97 Å². The molecule has 0 aliphatic carbocycles. The molecule has 32 heavy (non-hydrogen) atoms. The first-order valence-corrected chi connectivity index (χ1v) is 10.7. The zero-order chi connectivity index (χ0) is 22.6. The van der Waals surface area contributed by atoms with Crippen molar-refractivity contribution in [2.75, 3.05) is 7.11 Å². The van der Waals surface area contributed by atoms with Crippen LogP contribution in [0.5, 0.6) is 0 Å². The number of hydrogen-bond acceptors (Lipinski definition) is 4. The molecule has 0 unspecified atom stereocenters. The van der Waals surface area contributed by atoms with Gasteiger partial charge in [-0.05, 0) is 42.7 Å². The fourth-order valence-corrected chi connectivity index (χ4v) is 4.08.